The van der Waals surface area contributed by atoms with E-state index >= 15 is 0 Å². The Morgan fingerprint density at radius 3 is 0.207 bits per heavy atom. The minimum Gasteiger partial charge on any atom is -0.481 e. The van der Waals surface area contributed by atoms with Crippen LogP contribution in [0.5, 0.6) is 0 Å². The van der Waals surface area contributed by atoms with E-state index in [1.807, 2.05) is 0 Å². The number of carboxylic acids is 6. The maximum atomic E-state index is 10.4. The fraction of sp³-hybridized carbons (Fsp3) is 0.956. The monoisotopic (exact) mass is 2130 g/mol. The van der Waals surface area contributed by atoms with Gasteiger partial charge in [0.05, 0.1) is 13.2 Å². The van der Waals surface area contributed by atoms with E-state index < -0.39 is 41.9 Å². The van der Waals surface area contributed by atoms with Gasteiger partial charge in [-0.2, -0.15) is 0 Å². The van der Waals surface area contributed by atoms with E-state index in [0.717, 1.165) is 77.0 Å². The molecule has 0 aromatic carbocycles. The van der Waals surface area contributed by atoms with E-state index in [-0.39, 0.29) is 13.2 Å². The molecule has 0 atom stereocenters. The third-order valence-corrected chi connectivity index (χ3v) is 30.4. The molecule has 0 aromatic heterocycles. The van der Waals surface area contributed by atoms with E-state index in [4.69, 9.17) is 46.0 Å². The highest BCUT2D eigenvalue weighted by atomic mass is 16.4. The zero-order valence-corrected chi connectivity index (χ0v) is 102. The van der Waals surface area contributed by atoms with Crippen LogP contribution in [0.2, 0.25) is 0 Å². The summed E-state index contributed by atoms with van der Waals surface area (Å²) in [5.41, 5.74) is 0. The van der Waals surface area contributed by atoms with Gasteiger partial charge in [0.1, 0.15) is 6.10 Å². The standard InChI is InChI=1S/6C22H44O2.C3H8O3/c6*1-2-3-4-5-6-7-8-9-10-11-12-13-14-15-16-17-18-19-20-21-22(23)24;4-1-3(6)2-5/h6*2-21H2,1H3,(H,23,24);3-6H,1-2H2. The molecule has 0 saturated heterocycles. The van der Waals surface area contributed by atoms with Crippen molar-refractivity contribution in [3.05, 3.63) is 0 Å². The average Bonchev–Trinajstić information content (AvgIpc) is 1.11. The summed E-state index contributed by atoms with van der Waals surface area (Å²) in [6.07, 6.45) is 156. The molecular formula is C135H272O15. The van der Waals surface area contributed by atoms with Crippen molar-refractivity contribution >= 4 is 35.8 Å². The fourth-order valence-electron chi connectivity index (χ4n) is 20.2. The number of hydrogen-bond acceptors (Lipinski definition) is 9. The quantitative estimate of drug-likeness (QED) is 0.0256. The van der Waals surface area contributed by atoms with E-state index in [9.17, 15) is 28.8 Å². The van der Waals surface area contributed by atoms with E-state index in [0.29, 0.717) is 38.5 Å². The molecule has 0 aromatic rings. The van der Waals surface area contributed by atoms with Crippen molar-refractivity contribution in [3.63, 3.8) is 0 Å². The van der Waals surface area contributed by atoms with Crippen LogP contribution in [0.4, 0.5) is 0 Å². The molecular weight excluding hydrogens is 1860 g/mol. The normalized spacial score (nSPS) is 11.0. The van der Waals surface area contributed by atoms with Gasteiger partial charge < -0.3 is 46.0 Å². The molecule has 0 radical (unpaired) electrons. The van der Waals surface area contributed by atoms with Gasteiger partial charge in [-0.15, -0.1) is 0 Å². The molecule has 0 aliphatic rings. The van der Waals surface area contributed by atoms with Crippen LogP contribution in [0.1, 0.15) is 812 Å². The lowest BCUT2D eigenvalue weighted by Gasteiger charge is -2.03. The highest BCUT2D eigenvalue weighted by Crippen LogP contribution is 2.25. The van der Waals surface area contributed by atoms with Gasteiger partial charge in [-0.05, 0) is 38.5 Å². The van der Waals surface area contributed by atoms with Crippen LogP contribution in [0, 0.1) is 0 Å². The van der Waals surface area contributed by atoms with Crippen molar-refractivity contribution in [3.8, 4) is 0 Å². The molecule has 0 aliphatic carbocycles. The maximum Gasteiger partial charge on any atom is 0.303 e. The lowest BCUT2D eigenvalue weighted by atomic mass is 10.0. The fourth-order valence-corrected chi connectivity index (χ4v) is 20.2. The van der Waals surface area contributed by atoms with Crippen molar-refractivity contribution in [1.82, 2.24) is 0 Å². The molecule has 0 amide bonds. The maximum absolute atomic E-state index is 10.4. The first-order valence-electron chi connectivity index (χ1n) is 67.6. The highest BCUT2D eigenvalue weighted by molar-refractivity contribution is 5.68. The predicted octanol–water partition coefficient (Wildman–Crippen LogP) is 45.7. The van der Waals surface area contributed by atoms with E-state index in [2.05, 4.69) is 41.5 Å². The SMILES string of the molecule is CCCCCCCCCCCCCCCCCCCCCC(=O)O.CCCCCCCCCCCCCCCCCCCCCC(=O)O.CCCCCCCCCCCCCCCCCCCCCC(=O)O.CCCCCCCCCCCCCCCCCCCCCC(=O)O.CCCCCCCCCCCCCCCCCCCCCC(=O)O.CCCCCCCCCCCCCCCCCCCCCC(=O)O.OCC(O)CO. The minimum absolute atomic E-state index is 0.346. The lowest BCUT2D eigenvalue weighted by molar-refractivity contribution is -0.138. The first-order chi connectivity index (χ1) is 73.4. The van der Waals surface area contributed by atoms with Gasteiger partial charge >= 0.3 is 35.8 Å². The summed E-state index contributed by atoms with van der Waals surface area (Å²) in [7, 11) is 0. The summed E-state index contributed by atoms with van der Waals surface area (Å²) in [5, 5.41) is 75.4. The van der Waals surface area contributed by atoms with Crippen LogP contribution in [-0.4, -0.2) is 101 Å². The second kappa shape index (κ2) is 156. The number of aliphatic carboxylic acids is 6. The van der Waals surface area contributed by atoms with Crippen molar-refractivity contribution in [2.45, 2.75) is 818 Å². The van der Waals surface area contributed by atoms with Gasteiger partial charge in [0.2, 0.25) is 0 Å². The predicted molar refractivity (Wildman–Crippen MR) is 654 cm³/mol. The van der Waals surface area contributed by atoms with Crippen LogP contribution in [0.3, 0.4) is 0 Å². The van der Waals surface area contributed by atoms with Gasteiger partial charge in [0.15, 0.2) is 0 Å². The van der Waals surface area contributed by atoms with Crippen molar-refractivity contribution in [2.75, 3.05) is 13.2 Å². The van der Waals surface area contributed by atoms with Crippen LogP contribution < -0.4 is 0 Å². The summed E-state index contributed by atoms with van der Waals surface area (Å²) in [5.74, 6) is -3.91. The van der Waals surface area contributed by atoms with Gasteiger partial charge in [-0.1, -0.05) is 735 Å². The van der Waals surface area contributed by atoms with E-state index in [1.54, 1.807) is 0 Å². The molecule has 0 aliphatic heterocycles. The second-order valence-corrected chi connectivity index (χ2v) is 46.1. The third kappa shape index (κ3) is 186. The Morgan fingerprint density at radius 1 is 0.113 bits per heavy atom. The molecule has 0 spiro atoms. The van der Waals surface area contributed by atoms with Gasteiger partial charge in [0.25, 0.3) is 0 Å². The van der Waals surface area contributed by atoms with Gasteiger partial charge in [-0.25, -0.2) is 0 Å². The van der Waals surface area contributed by atoms with Gasteiger partial charge in [-0.3, -0.25) is 28.8 Å². The van der Waals surface area contributed by atoms with Gasteiger partial charge in [0, 0.05) is 38.5 Å². The molecule has 0 bridgehead atoms. The summed E-state index contributed by atoms with van der Waals surface area (Å²) in [6, 6.07) is 0. The average molecular weight is 2140 g/mol. The largest absolute Gasteiger partial charge is 0.481 e. The number of carbonyl (C=O) groups is 6. The third-order valence-electron chi connectivity index (χ3n) is 30.4. The Bertz CT molecular complexity index is 2000. The highest BCUT2D eigenvalue weighted by Gasteiger charge is 2.08. The molecule has 0 heterocycles. The Morgan fingerprint density at radius 2 is 0.167 bits per heavy atom. The van der Waals surface area contributed by atoms with Crippen LogP contribution in [-0.2, 0) is 28.8 Å². The zero-order valence-electron chi connectivity index (χ0n) is 102. The lowest BCUT2D eigenvalue weighted by Crippen LogP contribution is -2.15. The first kappa shape index (κ1) is 160. The zero-order chi connectivity index (χ0) is 111. The number of unbranched alkanes of at least 4 members (excludes halogenated alkanes) is 108. The summed E-state index contributed by atoms with van der Waals surface area (Å²) in [4.78, 5) is 62.3. The molecule has 9 N–H and O–H groups in total. The van der Waals surface area contributed by atoms with Crippen LogP contribution >= 0.6 is 0 Å². The number of aliphatic hydroxyl groups excluding tert-OH is 3. The first-order valence-corrected chi connectivity index (χ1v) is 67.6. The molecule has 0 fully saturated rings. The van der Waals surface area contributed by atoms with Crippen LogP contribution in [0.15, 0.2) is 0 Å². The number of hydrogen-bond donors (Lipinski definition) is 9. The van der Waals surface area contributed by atoms with Crippen molar-refractivity contribution < 1.29 is 74.7 Å². The Hall–Kier alpha value is -3.30. The van der Waals surface area contributed by atoms with Crippen LogP contribution in [0.25, 0.3) is 0 Å². The molecule has 0 saturated carbocycles. The molecule has 902 valence electrons. The Kier molecular flexibility index (Phi) is 166. The minimum atomic E-state index is -0.954. The molecule has 0 rings (SSSR count). The number of rotatable bonds is 122. The second-order valence-electron chi connectivity index (χ2n) is 46.1. The molecule has 0 unspecified atom stereocenters. The smallest absolute Gasteiger partial charge is 0.303 e. The Balaban J connectivity index is -0.000000323. The van der Waals surface area contributed by atoms with Crippen molar-refractivity contribution in [1.29, 1.82) is 0 Å². The number of carboxylic acid groups (broad SMARTS) is 6. The summed E-state index contributed by atoms with van der Waals surface area (Å²) in [6.45, 7) is 13.0. The molecule has 15 heteroatoms. The summed E-state index contributed by atoms with van der Waals surface area (Å²) < 4.78 is 0. The number of aliphatic hydroxyl groups is 3. The molecule has 15 nitrogen and oxygen atoms in total. The Labute approximate surface area is 936 Å². The summed E-state index contributed by atoms with van der Waals surface area (Å²) >= 11 is 0. The molecule has 150 heavy (non-hydrogen) atoms. The van der Waals surface area contributed by atoms with E-state index in [1.165, 1.54) is 655 Å². The topological polar surface area (TPSA) is 284 Å². The van der Waals surface area contributed by atoms with Crippen molar-refractivity contribution in [2.24, 2.45) is 0 Å².